The summed E-state index contributed by atoms with van der Waals surface area (Å²) in [7, 11) is 0. The summed E-state index contributed by atoms with van der Waals surface area (Å²) >= 11 is 0. The zero-order valence-corrected chi connectivity index (χ0v) is 12.0. The second-order valence-electron chi connectivity index (χ2n) is 5.08. The summed E-state index contributed by atoms with van der Waals surface area (Å²) in [6, 6.07) is 11.3. The van der Waals surface area contributed by atoms with Gasteiger partial charge in [-0.25, -0.2) is 0 Å². The number of amides is 1. The van der Waals surface area contributed by atoms with Crippen LogP contribution in [-0.2, 0) is 0 Å². The minimum absolute atomic E-state index is 0.0348. The highest BCUT2D eigenvalue weighted by Crippen LogP contribution is 2.25. The molecule has 0 saturated heterocycles. The maximum atomic E-state index is 12.3. The Morgan fingerprint density at radius 3 is 2.45 bits per heavy atom. The lowest BCUT2D eigenvalue weighted by atomic mass is 10.0. The number of carbonyl (C=O) groups is 1. The number of carbonyl (C=O) groups excluding carboxylic acids is 1. The van der Waals surface area contributed by atoms with Crippen LogP contribution >= 0.6 is 0 Å². The van der Waals surface area contributed by atoms with Gasteiger partial charge in [0, 0.05) is 6.04 Å². The van der Waals surface area contributed by atoms with Gasteiger partial charge in [0.05, 0.1) is 5.56 Å². The van der Waals surface area contributed by atoms with Gasteiger partial charge in [0.1, 0.15) is 5.75 Å². The summed E-state index contributed by atoms with van der Waals surface area (Å²) in [5.41, 5.74) is 0.346. The summed E-state index contributed by atoms with van der Waals surface area (Å²) in [4.78, 5) is 12.3. The van der Waals surface area contributed by atoms with Crippen molar-refractivity contribution < 1.29 is 9.90 Å². The van der Waals surface area contributed by atoms with E-state index < -0.39 is 0 Å². The van der Waals surface area contributed by atoms with E-state index in [1.54, 1.807) is 12.1 Å². The predicted octanol–water partition coefficient (Wildman–Crippen LogP) is 3.85. The Hall–Kier alpha value is -2.03. The van der Waals surface area contributed by atoms with Crippen molar-refractivity contribution >= 4 is 16.7 Å². The third kappa shape index (κ3) is 3.10. The zero-order chi connectivity index (χ0) is 14.5. The number of fused-ring (bicyclic) bond motifs is 1. The van der Waals surface area contributed by atoms with E-state index in [0.29, 0.717) is 5.56 Å². The molecule has 106 valence electrons. The number of phenols is 1. The van der Waals surface area contributed by atoms with Crippen LogP contribution in [0.3, 0.4) is 0 Å². The second kappa shape index (κ2) is 6.42. The lowest BCUT2D eigenvalue weighted by molar-refractivity contribution is 0.0931. The SMILES string of the molecule is CCCC(CC)NC(=O)c1cc2ccccc2cc1O. The maximum absolute atomic E-state index is 12.3. The number of hydrogen-bond acceptors (Lipinski definition) is 2. The van der Waals surface area contributed by atoms with Crippen molar-refractivity contribution in [2.75, 3.05) is 0 Å². The molecule has 1 amide bonds. The van der Waals surface area contributed by atoms with Crippen molar-refractivity contribution in [2.24, 2.45) is 0 Å². The molecular weight excluding hydrogens is 250 g/mol. The standard InChI is InChI=1S/C17H21NO2/c1-3-7-14(4-2)18-17(20)15-10-12-8-5-6-9-13(12)11-16(15)19/h5-6,8-11,14,19H,3-4,7H2,1-2H3,(H,18,20). The van der Waals surface area contributed by atoms with Gasteiger partial charge < -0.3 is 10.4 Å². The van der Waals surface area contributed by atoms with Gasteiger partial charge in [-0.3, -0.25) is 4.79 Å². The summed E-state index contributed by atoms with van der Waals surface area (Å²) in [6.07, 6.45) is 2.88. The first-order valence-electron chi connectivity index (χ1n) is 7.18. The molecule has 2 N–H and O–H groups in total. The van der Waals surface area contributed by atoms with E-state index in [2.05, 4.69) is 19.2 Å². The van der Waals surface area contributed by atoms with E-state index >= 15 is 0 Å². The van der Waals surface area contributed by atoms with Crippen molar-refractivity contribution in [3.8, 4) is 5.75 Å². The van der Waals surface area contributed by atoms with E-state index in [1.807, 2.05) is 24.3 Å². The molecule has 2 aromatic rings. The van der Waals surface area contributed by atoms with Gasteiger partial charge in [-0.1, -0.05) is 44.5 Å². The molecule has 0 heterocycles. The van der Waals surface area contributed by atoms with Gasteiger partial charge in [0.15, 0.2) is 0 Å². The molecule has 3 nitrogen and oxygen atoms in total. The van der Waals surface area contributed by atoms with Crippen molar-refractivity contribution in [2.45, 2.75) is 39.2 Å². The second-order valence-corrected chi connectivity index (χ2v) is 5.08. The van der Waals surface area contributed by atoms with Crippen LogP contribution < -0.4 is 5.32 Å². The molecule has 0 aromatic heterocycles. The quantitative estimate of drug-likeness (QED) is 0.867. The molecule has 0 aliphatic heterocycles. The number of aromatic hydroxyl groups is 1. The van der Waals surface area contributed by atoms with E-state index in [-0.39, 0.29) is 17.7 Å². The minimum Gasteiger partial charge on any atom is -0.507 e. The van der Waals surface area contributed by atoms with Crippen LogP contribution in [-0.4, -0.2) is 17.1 Å². The van der Waals surface area contributed by atoms with Gasteiger partial charge in [-0.05, 0) is 35.7 Å². The number of hydrogen-bond donors (Lipinski definition) is 2. The average Bonchev–Trinajstić information content (AvgIpc) is 2.45. The Morgan fingerprint density at radius 2 is 1.85 bits per heavy atom. The lowest BCUT2D eigenvalue weighted by Crippen LogP contribution is -2.34. The van der Waals surface area contributed by atoms with E-state index in [4.69, 9.17) is 0 Å². The van der Waals surface area contributed by atoms with E-state index in [0.717, 1.165) is 30.0 Å². The summed E-state index contributed by atoms with van der Waals surface area (Å²) < 4.78 is 0. The third-order valence-electron chi connectivity index (χ3n) is 3.57. The lowest BCUT2D eigenvalue weighted by Gasteiger charge is -2.16. The Balaban J connectivity index is 2.27. The third-order valence-corrected chi connectivity index (χ3v) is 3.57. The largest absolute Gasteiger partial charge is 0.507 e. The molecule has 0 aliphatic carbocycles. The number of nitrogens with one attached hydrogen (secondary N) is 1. The number of phenolic OH excluding ortho intramolecular Hbond substituents is 1. The molecule has 2 rings (SSSR count). The van der Waals surface area contributed by atoms with Crippen LogP contribution in [0.1, 0.15) is 43.5 Å². The molecule has 3 heteroatoms. The molecule has 0 bridgehead atoms. The fourth-order valence-electron chi connectivity index (χ4n) is 2.40. The summed E-state index contributed by atoms with van der Waals surface area (Å²) in [5.74, 6) is -0.166. The first-order chi connectivity index (χ1) is 9.65. The molecule has 0 saturated carbocycles. The van der Waals surface area contributed by atoms with Gasteiger partial charge in [-0.15, -0.1) is 0 Å². The molecule has 0 radical (unpaired) electrons. The van der Waals surface area contributed by atoms with Gasteiger partial charge in [0.2, 0.25) is 0 Å². The fourth-order valence-corrected chi connectivity index (χ4v) is 2.40. The molecule has 1 atom stereocenters. The smallest absolute Gasteiger partial charge is 0.255 e. The molecule has 20 heavy (non-hydrogen) atoms. The first-order valence-corrected chi connectivity index (χ1v) is 7.18. The molecule has 1 unspecified atom stereocenters. The van der Waals surface area contributed by atoms with Crippen LogP contribution in [0.2, 0.25) is 0 Å². The van der Waals surface area contributed by atoms with Crippen LogP contribution in [0.25, 0.3) is 10.8 Å². The van der Waals surface area contributed by atoms with E-state index in [1.165, 1.54) is 0 Å². The van der Waals surface area contributed by atoms with Crippen molar-refractivity contribution in [1.29, 1.82) is 0 Å². The van der Waals surface area contributed by atoms with Crippen molar-refractivity contribution in [3.63, 3.8) is 0 Å². The summed E-state index contributed by atoms with van der Waals surface area (Å²) in [5, 5.41) is 14.9. The van der Waals surface area contributed by atoms with E-state index in [9.17, 15) is 9.90 Å². The Kier molecular flexibility index (Phi) is 4.61. The minimum atomic E-state index is -0.200. The molecule has 2 aromatic carbocycles. The zero-order valence-electron chi connectivity index (χ0n) is 12.0. The van der Waals surface area contributed by atoms with Crippen LogP contribution in [0.15, 0.2) is 36.4 Å². The van der Waals surface area contributed by atoms with Crippen LogP contribution in [0, 0.1) is 0 Å². The maximum Gasteiger partial charge on any atom is 0.255 e. The van der Waals surface area contributed by atoms with Gasteiger partial charge >= 0.3 is 0 Å². The van der Waals surface area contributed by atoms with Crippen molar-refractivity contribution in [1.82, 2.24) is 5.32 Å². The van der Waals surface area contributed by atoms with Crippen LogP contribution in [0.4, 0.5) is 0 Å². The van der Waals surface area contributed by atoms with Gasteiger partial charge in [0.25, 0.3) is 5.91 Å². The highest BCUT2D eigenvalue weighted by molar-refractivity contribution is 6.01. The normalized spacial score (nSPS) is 12.3. The highest BCUT2D eigenvalue weighted by Gasteiger charge is 2.15. The predicted molar refractivity (Wildman–Crippen MR) is 82.1 cm³/mol. The molecular formula is C17H21NO2. The van der Waals surface area contributed by atoms with Crippen LogP contribution in [0.5, 0.6) is 5.75 Å². The van der Waals surface area contributed by atoms with Crippen molar-refractivity contribution in [3.05, 3.63) is 42.0 Å². The summed E-state index contributed by atoms with van der Waals surface area (Å²) in [6.45, 7) is 4.16. The first kappa shape index (κ1) is 14.4. The molecule has 0 aliphatic rings. The Bertz CT molecular complexity index is 607. The fraction of sp³-hybridized carbons (Fsp3) is 0.353. The topological polar surface area (TPSA) is 49.3 Å². The Morgan fingerprint density at radius 1 is 1.20 bits per heavy atom. The monoisotopic (exact) mass is 271 g/mol. The average molecular weight is 271 g/mol. The number of rotatable bonds is 5. The Labute approximate surface area is 119 Å². The molecule has 0 fully saturated rings. The van der Waals surface area contributed by atoms with Gasteiger partial charge in [-0.2, -0.15) is 0 Å². The number of benzene rings is 2. The molecule has 0 spiro atoms. The highest BCUT2D eigenvalue weighted by atomic mass is 16.3.